The van der Waals surface area contributed by atoms with E-state index in [1.165, 1.54) is 11.3 Å². The zero-order valence-electron chi connectivity index (χ0n) is 13.3. The number of hydrogen-bond acceptors (Lipinski definition) is 8. The second-order valence-electron chi connectivity index (χ2n) is 4.64. The molecule has 2 rings (SSSR count). The fourth-order valence-corrected chi connectivity index (χ4v) is 2.47. The molecule has 0 spiro atoms. The lowest BCUT2D eigenvalue weighted by Crippen LogP contribution is -2.07. The van der Waals surface area contributed by atoms with Crippen LogP contribution in [0.15, 0.2) is 34.7 Å². The molecule has 0 saturated heterocycles. The van der Waals surface area contributed by atoms with Crippen LogP contribution < -0.4 is 10.2 Å². The van der Waals surface area contributed by atoms with Gasteiger partial charge in [0.05, 0.1) is 31.5 Å². The summed E-state index contributed by atoms with van der Waals surface area (Å²) in [6, 6.07) is 7.34. The number of carbonyl (C=O) groups excluding carboxylic acids is 1. The maximum atomic E-state index is 11.4. The average Bonchev–Trinajstić information content (AvgIpc) is 3.01. The van der Waals surface area contributed by atoms with Gasteiger partial charge in [0.1, 0.15) is 12.4 Å². The molecule has 0 aliphatic carbocycles. The van der Waals surface area contributed by atoms with E-state index in [9.17, 15) is 4.79 Å². The zero-order chi connectivity index (χ0) is 17.2. The summed E-state index contributed by atoms with van der Waals surface area (Å²) in [5.74, 6) is 0.372. The van der Waals surface area contributed by atoms with Crippen molar-refractivity contribution in [1.29, 1.82) is 0 Å². The third kappa shape index (κ3) is 5.98. The molecule has 0 aliphatic heterocycles. The van der Waals surface area contributed by atoms with E-state index < -0.39 is 0 Å². The van der Waals surface area contributed by atoms with Crippen LogP contribution in [-0.4, -0.2) is 42.1 Å². The van der Waals surface area contributed by atoms with E-state index in [1.54, 1.807) is 18.5 Å². The Labute approximate surface area is 144 Å². The number of esters is 1. The lowest BCUT2D eigenvalue weighted by Gasteiger charge is -2.04. The van der Waals surface area contributed by atoms with Gasteiger partial charge < -0.3 is 14.6 Å². The van der Waals surface area contributed by atoms with Crippen LogP contribution in [0.2, 0.25) is 0 Å². The van der Waals surface area contributed by atoms with Crippen molar-refractivity contribution in [1.82, 2.24) is 4.98 Å². The normalized spacial score (nSPS) is 10.8. The molecule has 24 heavy (non-hydrogen) atoms. The molecule has 0 radical (unpaired) electrons. The molecule has 1 aromatic carbocycles. The highest BCUT2D eigenvalue weighted by atomic mass is 32.1. The second kappa shape index (κ2) is 9.64. The van der Waals surface area contributed by atoms with Gasteiger partial charge in [0.2, 0.25) is 5.13 Å². The summed E-state index contributed by atoms with van der Waals surface area (Å²) >= 11 is 1.36. The number of anilines is 1. The molecular weight excluding hydrogens is 330 g/mol. The van der Waals surface area contributed by atoms with Gasteiger partial charge in [-0.15, -0.1) is 11.3 Å². The first-order valence-electron chi connectivity index (χ1n) is 7.44. The standard InChI is InChI=1S/C16H19N3O4S/c1-2-22-15(21)9-13-11-24-16(18-13)19-17-10-12-4-3-5-14(8-12)23-7-6-20/h3-5,8,10-11,20H,2,6-7,9H2,1H3,(H,18,19). The van der Waals surface area contributed by atoms with Gasteiger partial charge in [-0.25, -0.2) is 4.98 Å². The topological polar surface area (TPSA) is 93.0 Å². The van der Waals surface area contributed by atoms with E-state index in [1.807, 2.05) is 24.3 Å². The van der Waals surface area contributed by atoms with Crippen molar-refractivity contribution in [3.05, 3.63) is 40.9 Å². The molecule has 2 N–H and O–H groups in total. The maximum absolute atomic E-state index is 11.4. The number of aromatic nitrogens is 1. The zero-order valence-corrected chi connectivity index (χ0v) is 14.1. The predicted octanol–water partition coefficient (Wildman–Crippen LogP) is 2.07. The largest absolute Gasteiger partial charge is 0.491 e. The molecule has 0 unspecified atom stereocenters. The Bertz CT molecular complexity index is 687. The number of aliphatic hydroxyl groups excluding tert-OH is 1. The predicted molar refractivity (Wildman–Crippen MR) is 92.7 cm³/mol. The van der Waals surface area contributed by atoms with Crippen LogP contribution in [0.4, 0.5) is 5.13 Å². The Kier molecular flexibility index (Phi) is 7.19. The second-order valence-corrected chi connectivity index (χ2v) is 5.50. The van der Waals surface area contributed by atoms with Crippen LogP contribution >= 0.6 is 11.3 Å². The third-order valence-electron chi connectivity index (χ3n) is 2.77. The highest BCUT2D eigenvalue weighted by Gasteiger charge is 2.07. The molecule has 0 amide bonds. The van der Waals surface area contributed by atoms with E-state index in [0.717, 1.165) is 5.56 Å². The fourth-order valence-electron chi connectivity index (χ4n) is 1.81. The number of hydrazone groups is 1. The number of thiazole rings is 1. The van der Waals surface area contributed by atoms with Crippen LogP contribution in [0.3, 0.4) is 0 Å². The fraction of sp³-hybridized carbons (Fsp3) is 0.312. The summed E-state index contributed by atoms with van der Waals surface area (Å²) in [6.45, 7) is 2.35. The van der Waals surface area contributed by atoms with Crippen LogP contribution in [0, 0.1) is 0 Å². The number of aliphatic hydroxyl groups is 1. The van der Waals surface area contributed by atoms with Gasteiger partial charge in [-0.05, 0) is 24.6 Å². The number of carbonyl (C=O) groups is 1. The van der Waals surface area contributed by atoms with E-state index in [4.69, 9.17) is 14.6 Å². The number of ether oxygens (including phenoxy) is 2. The van der Waals surface area contributed by atoms with Crippen molar-refractivity contribution in [3.8, 4) is 5.75 Å². The smallest absolute Gasteiger partial charge is 0.311 e. The van der Waals surface area contributed by atoms with Crippen molar-refractivity contribution < 1.29 is 19.4 Å². The molecule has 8 heteroatoms. The highest BCUT2D eigenvalue weighted by Crippen LogP contribution is 2.16. The molecule has 7 nitrogen and oxygen atoms in total. The third-order valence-corrected chi connectivity index (χ3v) is 3.57. The van der Waals surface area contributed by atoms with E-state index >= 15 is 0 Å². The number of hydrogen-bond donors (Lipinski definition) is 2. The van der Waals surface area contributed by atoms with Crippen molar-refractivity contribution in [2.45, 2.75) is 13.3 Å². The quantitative estimate of drug-likeness (QED) is 0.409. The van der Waals surface area contributed by atoms with Crippen LogP contribution in [0.1, 0.15) is 18.2 Å². The summed E-state index contributed by atoms with van der Waals surface area (Å²) < 4.78 is 10.2. The lowest BCUT2D eigenvalue weighted by atomic mass is 10.2. The Morgan fingerprint density at radius 2 is 2.38 bits per heavy atom. The van der Waals surface area contributed by atoms with Gasteiger partial charge in [0, 0.05) is 5.38 Å². The minimum atomic E-state index is -0.294. The van der Waals surface area contributed by atoms with Crippen LogP contribution in [0.25, 0.3) is 0 Å². The summed E-state index contributed by atoms with van der Waals surface area (Å²) in [5, 5.41) is 15.3. The minimum absolute atomic E-state index is 0.0297. The molecule has 0 fully saturated rings. The van der Waals surface area contributed by atoms with Gasteiger partial charge in [-0.3, -0.25) is 10.2 Å². The van der Waals surface area contributed by atoms with E-state index in [0.29, 0.717) is 23.2 Å². The van der Waals surface area contributed by atoms with Crippen molar-refractivity contribution in [2.24, 2.45) is 5.10 Å². The Hall–Kier alpha value is -2.45. The van der Waals surface area contributed by atoms with E-state index in [2.05, 4.69) is 15.5 Å². The Morgan fingerprint density at radius 3 is 3.17 bits per heavy atom. The first-order chi connectivity index (χ1) is 11.7. The molecule has 0 atom stereocenters. The Morgan fingerprint density at radius 1 is 1.50 bits per heavy atom. The average molecular weight is 349 g/mol. The van der Waals surface area contributed by atoms with Crippen molar-refractivity contribution in [2.75, 3.05) is 25.2 Å². The molecule has 2 aromatic rings. The SMILES string of the molecule is CCOC(=O)Cc1csc(NN=Cc2cccc(OCCO)c2)n1. The number of benzene rings is 1. The van der Waals surface area contributed by atoms with Gasteiger partial charge >= 0.3 is 5.97 Å². The molecule has 1 aromatic heterocycles. The minimum Gasteiger partial charge on any atom is -0.491 e. The Balaban J connectivity index is 1.87. The summed E-state index contributed by atoms with van der Waals surface area (Å²) in [6.07, 6.45) is 1.79. The maximum Gasteiger partial charge on any atom is 0.311 e. The molecule has 128 valence electrons. The highest BCUT2D eigenvalue weighted by molar-refractivity contribution is 7.13. The number of nitrogens with one attached hydrogen (secondary N) is 1. The first kappa shape index (κ1) is 17.9. The molecule has 0 aliphatic rings. The lowest BCUT2D eigenvalue weighted by molar-refractivity contribution is -0.142. The number of nitrogens with zero attached hydrogens (tertiary/aromatic N) is 2. The summed E-state index contributed by atoms with van der Waals surface area (Å²) in [5.41, 5.74) is 4.32. The molecule has 0 bridgehead atoms. The van der Waals surface area contributed by atoms with Crippen LogP contribution in [-0.2, 0) is 16.0 Å². The summed E-state index contributed by atoms with van der Waals surface area (Å²) in [4.78, 5) is 15.7. The van der Waals surface area contributed by atoms with Crippen molar-refractivity contribution >= 4 is 28.7 Å². The molecule has 1 heterocycles. The van der Waals surface area contributed by atoms with E-state index in [-0.39, 0.29) is 25.6 Å². The molecule has 0 saturated carbocycles. The van der Waals surface area contributed by atoms with Crippen molar-refractivity contribution in [3.63, 3.8) is 0 Å². The van der Waals surface area contributed by atoms with Gasteiger partial charge in [0.25, 0.3) is 0 Å². The molecular formula is C16H19N3O4S. The summed E-state index contributed by atoms with van der Waals surface area (Å²) in [7, 11) is 0. The van der Waals surface area contributed by atoms with Gasteiger partial charge in [-0.2, -0.15) is 5.10 Å². The van der Waals surface area contributed by atoms with Gasteiger partial charge in [-0.1, -0.05) is 12.1 Å². The van der Waals surface area contributed by atoms with Crippen LogP contribution in [0.5, 0.6) is 5.75 Å². The first-order valence-corrected chi connectivity index (χ1v) is 8.32. The monoisotopic (exact) mass is 349 g/mol. The van der Waals surface area contributed by atoms with Gasteiger partial charge in [0.15, 0.2) is 0 Å². The number of rotatable bonds is 9.